The monoisotopic (exact) mass is 281 g/mol. The summed E-state index contributed by atoms with van der Waals surface area (Å²) in [6.45, 7) is 3.24. The number of fused-ring (bicyclic) bond motifs is 1. The molecule has 2 heteroatoms. The lowest BCUT2D eigenvalue weighted by atomic mass is 9.90. The van der Waals surface area contributed by atoms with Gasteiger partial charge in [-0.25, -0.2) is 0 Å². The molecular formula is C19H23NO. The molecule has 1 aliphatic rings. The minimum Gasteiger partial charge on any atom is -0.497 e. The Morgan fingerprint density at radius 2 is 1.86 bits per heavy atom. The van der Waals surface area contributed by atoms with Crippen LogP contribution in [0.15, 0.2) is 42.5 Å². The van der Waals surface area contributed by atoms with E-state index in [1.807, 2.05) is 0 Å². The summed E-state index contributed by atoms with van der Waals surface area (Å²) in [5.74, 6) is 0.960. The molecule has 1 unspecified atom stereocenters. The van der Waals surface area contributed by atoms with Crippen molar-refractivity contribution in [2.24, 2.45) is 0 Å². The molecule has 0 saturated carbocycles. The molecule has 21 heavy (non-hydrogen) atoms. The van der Waals surface area contributed by atoms with Gasteiger partial charge in [-0.05, 0) is 60.2 Å². The van der Waals surface area contributed by atoms with E-state index in [0.717, 1.165) is 31.6 Å². The van der Waals surface area contributed by atoms with Crippen LogP contribution in [0.25, 0.3) is 0 Å². The van der Waals surface area contributed by atoms with E-state index in [-0.39, 0.29) is 0 Å². The number of aryl methyl sites for hydroxylation is 1. The summed E-state index contributed by atoms with van der Waals surface area (Å²) in [6.07, 6.45) is 3.23. The fourth-order valence-electron chi connectivity index (χ4n) is 3.09. The van der Waals surface area contributed by atoms with Gasteiger partial charge in [0.2, 0.25) is 0 Å². The molecule has 1 N–H and O–H groups in total. The maximum atomic E-state index is 5.34. The summed E-state index contributed by atoms with van der Waals surface area (Å²) in [7, 11) is 1.73. The molecule has 1 aliphatic heterocycles. The Labute approximate surface area is 127 Å². The Morgan fingerprint density at radius 1 is 1.10 bits per heavy atom. The first-order chi connectivity index (χ1) is 10.3. The summed E-state index contributed by atoms with van der Waals surface area (Å²) in [6, 6.07) is 15.9. The van der Waals surface area contributed by atoms with E-state index in [9.17, 15) is 0 Å². The molecule has 1 heterocycles. The highest BCUT2D eigenvalue weighted by molar-refractivity contribution is 5.40. The summed E-state index contributed by atoms with van der Waals surface area (Å²) in [5.41, 5.74) is 5.64. The van der Waals surface area contributed by atoms with Gasteiger partial charge in [0.1, 0.15) is 5.75 Å². The lowest BCUT2D eigenvalue weighted by molar-refractivity contribution is 0.412. The van der Waals surface area contributed by atoms with Crippen LogP contribution in [0.3, 0.4) is 0 Å². The van der Waals surface area contributed by atoms with Gasteiger partial charge in [-0.2, -0.15) is 0 Å². The smallest absolute Gasteiger partial charge is 0.119 e. The Morgan fingerprint density at radius 3 is 2.57 bits per heavy atom. The van der Waals surface area contributed by atoms with E-state index in [4.69, 9.17) is 4.74 Å². The minimum atomic E-state index is 0.409. The van der Waals surface area contributed by atoms with Crippen LogP contribution in [0.2, 0.25) is 0 Å². The first-order valence-electron chi connectivity index (χ1n) is 7.78. The van der Waals surface area contributed by atoms with Crippen molar-refractivity contribution in [2.75, 3.05) is 13.7 Å². The van der Waals surface area contributed by atoms with Gasteiger partial charge in [0.15, 0.2) is 0 Å². The second kappa shape index (κ2) is 6.31. The van der Waals surface area contributed by atoms with Gasteiger partial charge < -0.3 is 10.1 Å². The number of benzene rings is 2. The highest BCUT2D eigenvalue weighted by atomic mass is 16.5. The number of ether oxygens (including phenoxy) is 1. The third-order valence-electron chi connectivity index (χ3n) is 4.38. The van der Waals surface area contributed by atoms with Crippen LogP contribution in [0.5, 0.6) is 5.75 Å². The molecule has 2 nitrogen and oxygen atoms in total. The van der Waals surface area contributed by atoms with Crippen molar-refractivity contribution in [3.05, 3.63) is 64.7 Å². The summed E-state index contributed by atoms with van der Waals surface area (Å²) in [5, 5.41) is 3.65. The van der Waals surface area contributed by atoms with Crippen molar-refractivity contribution >= 4 is 0 Å². The molecule has 0 spiro atoms. The zero-order valence-electron chi connectivity index (χ0n) is 12.9. The summed E-state index contributed by atoms with van der Waals surface area (Å²) in [4.78, 5) is 0. The first-order valence-corrected chi connectivity index (χ1v) is 7.78. The molecule has 0 aliphatic carbocycles. The van der Waals surface area contributed by atoms with Crippen molar-refractivity contribution in [1.29, 1.82) is 0 Å². The van der Waals surface area contributed by atoms with Crippen molar-refractivity contribution in [3.63, 3.8) is 0 Å². The zero-order valence-corrected chi connectivity index (χ0v) is 12.9. The number of nitrogens with one attached hydrogen (secondary N) is 1. The van der Waals surface area contributed by atoms with Crippen molar-refractivity contribution in [3.8, 4) is 5.75 Å². The molecule has 0 saturated heterocycles. The van der Waals surface area contributed by atoms with Gasteiger partial charge in [-0.3, -0.25) is 0 Å². The predicted octanol–water partition coefficient (Wildman–Crippen LogP) is 3.69. The Bertz CT molecular complexity index is 603. The van der Waals surface area contributed by atoms with Crippen LogP contribution in [-0.2, 0) is 19.3 Å². The molecule has 1 atom stereocenters. The molecule has 2 aromatic rings. The maximum Gasteiger partial charge on any atom is 0.119 e. The molecule has 0 fully saturated rings. The van der Waals surface area contributed by atoms with Crippen LogP contribution in [0, 0.1) is 0 Å². The SMILES string of the molecule is CCc1ccc(CC2NCCc3cc(OC)ccc32)cc1. The van der Waals surface area contributed by atoms with Crippen LogP contribution in [-0.4, -0.2) is 13.7 Å². The number of rotatable bonds is 4. The van der Waals surface area contributed by atoms with Crippen molar-refractivity contribution < 1.29 is 4.74 Å². The molecule has 0 bridgehead atoms. The zero-order chi connectivity index (χ0) is 14.7. The molecule has 110 valence electrons. The van der Waals surface area contributed by atoms with Crippen molar-refractivity contribution in [1.82, 2.24) is 5.32 Å². The van der Waals surface area contributed by atoms with Gasteiger partial charge >= 0.3 is 0 Å². The van der Waals surface area contributed by atoms with Crippen LogP contribution in [0.4, 0.5) is 0 Å². The third-order valence-corrected chi connectivity index (χ3v) is 4.38. The molecular weight excluding hydrogens is 258 g/mol. The van der Waals surface area contributed by atoms with Crippen molar-refractivity contribution in [2.45, 2.75) is 32.2 Å². The van der Waals surface area contributed by atoms with E-state index in [1.165, 1.54) is 22.3 Å². The fraction of sp³-hybridized carbons (Fsp3) is 0.368. The molecule has 3 rings (SSSR count). The van der Waals surface area contributed by atoms with Gasteiger partial charge in [0.05, 0.1) is 7.11 Å². The maximum absolute atomic E-state index is 5.34. The Kier molecular flexibility index (Phi) is 4.26. The van der Waals surface area contributed by atoms with E-state index in [1.54, 1.807) is 7.11 Å². The van der Waals surface area contributed by atoms with Gasteiger partial charge in [0.25, 0.3) is 0 Å². The first kappa shape index (κ1) is 14.2. The second-order valence-electron chi connectivity index (χ2n) is 5.70. The quantitative estimate of drug-likeness (QED) is 0.923. The van der Waals surface area contributed by atoms with E-state index >= 15 is 0 Å². The summed E-state index contributed by atoms with van der Waals surface area (Å²) >= 11 is 0. The van der Waals surface area contributed by atoms with Crippen LogP contribution < -0.4 is 10.1 Å². The molecule has 2 aromatic carbocycles. The molecule has 0 amide bonds. The second-order valence-corrected chi connectivity index (χ2v) is 5.70. The van der Waals surface area contributed by atoms with Gasteiger partial charge in [0, 0.05) is 6.04 Å². The Hall–Kier alpha value is -1.80. The van der Waals surface area contributed by atoms with E-state index in [2.05, 4.69) is 54.7 Å². The normalized spacial score (nSPS) is 17.3. The predicted molar refractivity (Wildman–Crippen MR) is 87.0 cm³/mol. The number of hydrogen-bond acceptors (Lipinski definition) is 2. The number of methoxy groups -OCH3 is 1. The Balaban J connectivity index is 1.81. The van der Waals surface area contributed by atoms with Gasteiger partial charge in [-0.15, -0.1) is 0 Å². The lowest BCUT2D eigenvalue weighted by Gasteiger charge is -2.27. The third kappa shape index (κ3) is 3.11. The van der Waals surface area contributed by atoms with Gasteiger partial charge in [-0.1, -0.05) is 37.3 Å². The number of hydrogen-bond donors (Lipinski definition) is 1. The van der Waals surface area contributed by atoms with Crippen LogP contribution >= 0.6 is 0 Å². The average molecular weight is 281 g/mol. The fourth-order valence-corrected chi connectivity index (χ4v) is 3.09. The molecule has 0 aromatic heterocycles. The standard InChI is InChI=1S/C19H23NO/c1-3-14-4-6-15(7-5-14)12-19-18-9-8-17(21-2)13-16(18)10-11-20-19/h4-9,13,19-20H,3,10-12H2,1-2H3. The van der Waals surface area contributed by atoms with E-state index < -0.39 is 0 Å². The largest absolute Gasteiger partial charge is 0.497 e. The highest BCUT2D eigenvalue weighted by Gasteiger charge is 2.20. The minimum absolute atomic E-state index is 0.409. The highest BCUT2D eigenvalue weighted by Crippen LogP contribution is 2.29. The van der Waals surface area contributed by atoms with Crippen LogP contribution in [0.1, 0.15) is 35.2 Å². The lowest BCUT2D eigenvalue weighted by Crippen LogP contribution is -2.31. The average Bonchev–Trinajstić information content (AvgIpc) is 2.55. The van der Waals surface area contributed by atoms with E-state index in [0.29, 0.717) is 6.04 Å². The molecule has 0 radical (unpaired) electrons. The summed E-state index contributed by atoms with van der Waals surface area (Å²) < 4.78 is 5.34. The topological polar surface area (TPSA) is 21.3 Å².